The Morgan fingerprint density at radius 2 is 1.28 bits per heavy atom. The highest BCUT2D eigenvalue weighted by Gasteiger charge is 2.60. The SMILES string of the molecule is C=C(c1cc(Cl)c(F)c(Cl)c1F)C(F)(F)F.COCN(Cc1ccccc1)C[Si](C)(C)C.Fc1c(Cl)cc(C2(C(F)(F)F)CCN(Cc3ccccc3)C2)c(F)c1Cl. The Morgan fingerprint density at radius 3 is 1.76 bits per heavy atom. The summed E-state index contributed by atoms with van der Waals surface area (Å²) in [4.78, 5) is 3.98. The monoisotopic (exact) mass is 922 g/mol. The van der Waals surface area contributed by atoms with E-state index in [4.69, 9.17) is 51.1 Å². The van der Waals surface area contributed by atoms with Crippen LogP contribution < -0.4 is 0 Å². The smallest absolute Gasteiger partial charge is 0.369 e. The molecule has 0 amide bonds. The number of benzene rings is 4. The highest BCUT2D eigenvalue weighted by molar-refractivity contribution is 6.76. The molecule has 18 heteroatoms. The predicted octanol–water partition coefficient (Wildman–Crippen LogP) is 13.8. The Kier molecular flexibility index (Phi) is 17.6. The number of rotatable bonds is 10. The number of hydrogen-bond donors (Lipinski definition) is 0. The predicted molar refractivity (Wildman–Crippen MR) is 214 cm³/mol. The summed E-state index contributed by atoms with van der Waals surface area (Å²) in [6.45, 7) is 11.5. The Bertz CT molecular complexity index is 2000. The minimum Gasteiger partial charge on any atom is -0.369 e. The molecular formula is C40H40Cl4F10N2OSi. The normalized spacial score (nSPS) is 16.1. The van der Waals surface area contributed by atoms with Crippen LogP contribution in [-0.2, 0) is 23.2 Å². The maximum absolute atomic E-state index is 14.5. The van der Waals surface area contributed by atoms with Gasteiger partial charge in [-0.3, -0.25) is 9.80 Å². The van der Waals surface area contributed by atoms with Crippen LogP contribution in [-0.4, -0.2) is 63.3 Å². The largest absolute Gasteiger partial charge is 0.416 e. The minimum atomic E-state index is -4.84. The number of alkyl halides is 6. The van der Waals surface area contributed by atoms with Gasteiger partial charge in [0, 0.05) is 37.9 Å². The highest BCUT2D eigenvalue weighted by atomic mass is 35.5. The van der Waals surface area contributed by atoms with Crippen molar-refractivity contribution >= 4 is 60.1 Å². The molecular weight excluding hydrogens is 884 g/mol. The van der Waals surface area contributed by atoms with Gasteiger partial charge in [-0.05, 0) is 42.4 Å². The van der Waals surface area contributed by atoms with Crippen LogP contribution in [0.5, 0.6) is 0 Å². The van der Waals surface area contributed by atoms with Crippen LogP contribution in [0.3, 0.4) is 0 Å². The van der Waals surface area contributed by atoms with E-state index in [1.54, 1.807) is 36.3 Å². The lowest BCUT2D eigenvalue weighted by Gasteiger charge is -2.33. The third-order valence-corrected chi connectivity index (χ3v) is 11.4. The molecule has 1 aliphatic rings. The summed E-state index contributed by atoms with van der Waals surface area (Å²) in [6.07, 6.45) is -8.77. The van der Waals surface area contributed by atoms with Crippen LogP contribution in [0.25, 0.3) is 5.57 Å². The average molecular weight is 925 g/mol. The summed E-state index contributed by atoms with van der Waals surface area (Å²) in [5, 5.41) is -3.44. The van der Waals surface area contributed by atoms with Crippen molar-refractivity contribution in [1.82, 2.24) is 9.80 Å². The molecule has 4 aromatic carbocycles. The van der Waals surface area contributed by atoms with E-state index in [2.05, 4.69) is 61.5 Å². The molecule has 58 heavy (non-hydrogen) atoms. The van der Waals surface area contributed by atoms with Crippen molar-refractivity contribution in [2.24, 2.45) is 0 Å². The zero-order valence-electron chi connectivity index (χ0n) is 31.7. The molecule has 0 spiro atoms. The van der Waals surface area contributed by atoms with Crippen molar-refractivity contribution in [2.45, 2.75) is 56.9 Å². The molecule has 0 aliphatic carbocycles. The van der Waals surface area contributed by atoms with Crippen LogP contribution in [0.2, 0.25) is 39.7 Å². The summed E-state index contributed by atoms with van der Waals surface area (Å²) in [5.74, 6) is -5.51. The number of methoxy groups -OCH3 is 1. The summed E-state index contributed by atoms with van der Waals surface area (Å²) >= 11 is 21.6. The maximum atomic E-state index is 14.5. The molecule has 0 N–H and O–H groups in total. The van der Waals surface area contributed by atoms with Gasteiger partial charge in [0.1, 0.15) is 21.3 Å². The van der Waals surface area contributed by atoms with Gasteiger partial charge in [0.15, 0.2) is 17.5 Å². The van der Waals surface area contributed by atoms with Crippen molar-refractivity contribution in [3.8, 4) is 0 Å². The van der Waals surface area contributed by atoms with E-state index in [0.29, 0.717) is 18.7 Å². The van der Waals surface area contributed by atoms with Crippen molar-refractivity contribution < 1.29 is 48.6 Å². The molecule has 4 aromatic rings. The lowest BCUT2D eigenvalue weighted by Crippen LogP contribution is -2.45. The molecule has 1 fully saturated rings. The van der Waals surface area contributed by atoms with E-state index in [0.717, 1.165) is 18.8 Å². The highest BCUT2D eigenvalue weighted by Crippen LogP contribution is 2.50. The number of hydrogen-bond acceptors (Lipinski definition) is 3. The van der Waals surface area contributed by atoms with Crippen LogP contribution in [0.4, 0.5) is 43.9 Å². The lowest BCUT2D eigenvalue weighted by molar-refractivity contribution is -0.187. The molecule has 1 atom stereocenters. The zero-order chi connectivity index (χ0) is 43.8. The molecule has 318 valence electrons. The summed E-state index contributed by atoms with van der Waals surface area (Å²) < 4.78 is 138. The molecule has 1 heterocycles. The third-order valence-electron chi connectivity index (χ3n) is 8.79. The van der Waals surface area contributed by atoms with E-state index in [1.807, 2.05) is 6.07 Å². The second kappa shape index (κ2) is 20.6. The first kappa shape index (κ1) is 49.5. The second-order valence-electron chi connectivity index (χ2n) is 14.6. The van der Waals surface area contributed by atoms with E-state index >= 15 is 0 Å². The number of ether oxygens (including phenoxy) is 1. The summed E-state index contributed by atoms with van der Waals surface area (Å²) in [5.41, 5.74) is -3.44. The molecule has 0 aromatic heterocycles. The van der Waals surface area contributed by atoms with Crippen LogP contribution in [0, 0.1) is 23.3 Å². The molecule has 0 bridgehead atoms. The van der Waals surface area contributed by atoms with Gasteiger partial charge < -0.3 is 4.74 Å². The molecule has 1 aliphatic heterocycles. The van der Waals surface area contributed by atoms with Gasteiger partial charge in [-0.25, -0.2) is 17.6 Å². The first-order valence-corrected chi connectivity index (χ1v) is 22.6. The van der Waals surface area contributed by atoms with E-state index in [-0.39, 0.29) is 13.0 Å². The van der Waals surface area contributed by atoms with Gasteiger partial charge in [-0.2, -0.15) is 26.3 Å². The molecule has 0 saturated carbocycles. The molecule has 1 saturated heterocycles. The van der Waals surface area contributed by atoms with Crippen molar-refractivity contribution in [3.05, 3.63) is 145 Å². The fourth-order valence-corrected chi connectivity index (χ4v) is 8.63. The fourth-order valence-electron chi connectivity index (χ4n) is 6.18. The Morgan fingerprint density at radius 1 is 0.776 bits per heavy atom. The topological polar surface area (TPSA) is 15.7 Å². The average Bonchev–Trinajstić information content (AvgIpc) is 3.58. The zero-order valence-corrected chi connectivity index (χ0v) is 35.7. The number of nitrogens with zero attached hydrogens (tertiary/aromatic N) is 2. The van der Waals surface area contributed by atoms with Crippen LogP contribution in [0.15, 0.2) is 79.4 Å². The first-order valence-electron chi connectivity index (χ1n) is 17.3. The van der Waals surface area contributed by atoms with Crippen molar-refractivity contribution in [3.63, 3.8) is 0 Å². The van der Waals surface area contributed by atoms with E-state index in [1.165, 1.54) is 11.7 Å². The lowest BCUT2D eigenvalue weighted by atomic mass is 9.78. The number of likely N-dealkylation sites (tertiary alicyclic amines) is 1. The Hall–Kier alpha value is -2.82. The van der Waals surface area contributed by atoms with Crippen molar-refractivity contribution in [1.29, 1.82) is 0 Å². The van der Waals surface area contributed by atoms with Gasteiger partial charge in [0.2, 0.25) is 0 Å². The van der Waals surface area contributed by atoms with Gasteiger partial charge in [-0.15, -0.1) is 0 Å². The van der Waals surface area contributed by atoms with Gasteiger partial charge >= 0.3 is 12.4 Å². The summed E-state index contributed by atoms with van der Waals surface area (Å²) in [6, 6.07) is 20.8. The van der Waals surface area contributed by atoms with Crippen LogP contribution >= 0.6 is 46.4 Å². The van der Waals surface area contributed by atoms with Gasteiger partial charge in [0.05, 0.1) is 30.4 Å². The molecule has 1 unspecified atom stereocenters. The molecule has 5 rings (SSSR count). The quantitative estimate of drug-likeness (QED) is 0.0518. The third kappa shape index (κ3) is 13.1. The van der Waals surface area contributed by atoms with Gasteiger partial charge in [0.25, 0.3) is 0 Å². The Balaban J connectivity index is 0.000000246. The summed E-state index contributed by atoms with van der Waals surface area (Å²) in [7, 11) is 0.701. The number of allylic oxidation sites excluding steroid dienone is 1. The fraction of sp³-hybridized carbons (Fsp3) is 0.350. The molecule has 0 radical (unpaired) electrons. The minimum absolute atomic E-state index is 0.112. The number of halogens is 14. The van der Waals surface area contributed by atoms with Crippen molar-refractivity contribution in [2.75, 3.05) is 33.1 Å². The first-order chi connectivity index (χ1) is 26.8. The Labute approximate surface area is 352 Å². The van der Waals surface area contributed by atoms with E-state index < -0.39 is 92.4 Å². The molecule has 3 nitrogen and oxygen atoms in total. The van der Waals surface area contributed by atoms with Gasteiger partial charge in [-0.1, -0.05) is 133 Å². The van der Waals surface area contributed by atoms with E-state index in [9.17, 15) is 43.9 Å². The standard InChI is InChI=1S/C18H14Cl2F5N.C13H23NOSi.C9H3Cl2F5/c19-13-8-12(15(21)14(20)16(13)22)17(18(23,24)25)6-7-26(10-17)9-11-4-2-1-3-5-11;1-15-11-14(12-16(2,3)4)10-13-8-6-5-7-9-13;1-3(9(14,15)16)4-2-5(10)8(13)6(11)7(4)12/h1-5,8H,6-7,9-10H2;5-9H,10-12H2,1-4H3;2H,1H2. The maximum Gasteiger partial charge on any atom is 0.416 e. The van der Waals surface area contributed by atoms with Crippen LogP contribution in [0.1, 0.15) is 28.7 Å². The second-order valence-corrected chi connectivity index (χ2v) is 21.7.